The van der Waals surface area contributed by atoms with Crippen molar-refractivity contribution in [3.8, 4) is 5.75 Å². The van der Waals surface area contributed by atoms with Crippen LogP contribution in [0.1, 0.15) is 16.1 Å². The van der Waals surface area contributed by atoms with Gasteiger partial charge in [-0.3, -0.25) is 10.2 Å². The van der Waals surface area contributed by atoms with E-state index in [0.29, 0.717) is 15.8 Å². The summed E-state index contributed by atoms with van der Waals surface area (Å²) < 4.78 is 24.0. The number of hydrogen-bond donors (Lipinski definition) is 2. The Bertz CT molecular complexity index is 600. The maximum absolute atomic E-state index is 13.3. The highest BCUT2D eigenvalue weighted by molar-refractivity contribution is 9.10. The predicted octanol–water partition coefficient (Wildman–Crippen LogP) is 2.36. The molecule has 2 rings (SSSR count). The zero-order valence-electron chi connectivity index (χ0n) is 9.65. The molecule has 0 spiro atoms. The summed E-state index contributed by atoms with van der Waals surface area (Å²) >= 11 is 3.05. The van der Waals surface area contributed by atoms with E-state index >= 15 is 0 Å². The zero-order valence-corrected chi connectivity index (χ0v) is 11.2. The molecule has 0 saturated heterocycles. The Morgan fingerprint density at radius 1 is 1.47 bits per heavy atom. The monoisotopic (exact) mass is 328 g/mol. The molecule has 0 atom stereocenters. The number of rotatable bonds is 4. The van der Waals surface area contributed by atoms with Gasteiger partial charge >= 0.3 is 5.91 Å². The van der Waals surface area contributed by atoms with E-state index in [-0.39, 0.29) is 12.4 Å². The van der Waals surface area contributed by atoms with E-state index in [9.17, 15) is 9.18 Å². The molecule has 3 N–H and O–H groups in total. The molecule has 100 valence electrons. The maximum atomic E-state index is 13.3. The van der Waals surface area contributed by atoms with E-state index in [1.807, 2.05) is 5.43 Å². The molecule has 1 aromatic carbocycles. The number of nitrogen functional groups attached to an aromatic ring is 1. The van der Waals surface area contributed by atoms with Gasteiger partial charge in [0.1, 0.15) is 18.2 Å². The molecule has 0 saturated carbocycles. The first-order valence-corrected chi connectivity index (χ1v) is 6.06. The van der Waals surface area contributed by atoms with Crippen molar-refractivity contribution in [1.29, 1.82) is 0 Å². The highest BCUT2D eigenvalue weighted by Crippen LogP contribution is 2.22. The summed E-state index contributed by atoms with van der Waals surface area (Å²) in [6, 6.07) is 5.97. The average molecular weight is 329 g/mol. The highest BCUT2D eigenvalue weighted by atomic mass is 79.9. The second-order valence-corrected chi connectivity index (χ2v) is 4.47. The summed E-state index contributed by atoms with van der Waals surface area (Å²) in [4.78, 5) is 11.4. The van der Waals surface area contributed by atoms with Gasteiger partial charge < -0.3 is 9.15 Å². The van der Waals surface area contributed by atoms with Gasteiger partial charge in [-0.15, -0.1) is 0 Å². The lowest BCUT2D eigenvalue weighted by Gasteiger charge is -2.06. The molecule has 1 aromatic heterocycles. The first-order chi connectivity index (χ1) is 9.11. The Balaban J connectivity index is 2.08. The van der Waals surface area contributed by atoms with Crippen LogP contribution in [0.5, 0.6) is 5.75 Å². The molecule has 1 heterocycles. The normalized spacial score (nSPS) is 10.3. The second kappa shape index (κ2) is 5.85. The minimum atomic E-state index is -0.550. The molecule has 5 nitrogen and oxygen atoms in total. The van der Waals surface area contributed by atoms with Gasteiger partial charge in [0.2, 0.25) is 0 Å². The summed E-state index contributed by atoms with van der Waals surface area (Å²) in [5.41, 5.74) is 2.49. The fraction of sp³-hybridized carbons (Fsp3) is 0.0833. The third kappa shape index (κ3) is 3.12. The van der Waals surface area contributed by atoms with E-state index in [1.54, 1.807) is 12.1 Å². The van der Waals surface area contributed by atoms with Crippen LogP contribution in [0.3, 0.4) is 0 Å². The molecule has 2 aromatic rings. The number of furan rings is 1. The molecule has 0 bridgehead atoms. The number of carbonyl (C=O) groups excluding carboxylic acids is 1. The molecule has 0 aliphatic rings. The first-order valence-electron chi connectivity index (χ1n) is 5.27. The van der Waals surface area contributed by atoms with Crippen molar-refractivity contribution < 1.29 is 18.3 Å². The number of nitrogens with one attached hydrogen (secondary N) is 1. The van der Waals surface area contributed by atoms with Gasteiger partial charge in [0.25, 0.3) is 0 Å². The van der Waals surface area contributed by atoms with Crippen molar-refractivity contribution in [3.63, 3.8) is 0 Å². The fourth-order valence-electron chi connectivity index (χ4n) is 1.44. The number of ether oxygens (including phenoxy) is 1. The lowest BCUT2D eigenvalue weighted by Crippen LogP contribution is -2.30. The number of nitrogens with two attached hydrogens (primary N) is 1. The molecule has 0 radical (unpaired) electrons. The molecule has 19 heavy (non-hydrogen) atoms. The predicted molar refractivity (Wildman–Crippen MR) is 68.8 cm³/mol. The second-order valence-electron chi connectivity index (χ2n) is 3.61. The minimum Gasteiger partial charge on any atom is -0.489 e. The molecular formula is C12H10BrFN2O3. The first kappa shape index (κ1) is 13.6. The van der Waals surface area contributed by atoms with Crippen molar-refractivity contribution >= 4 is 21.8 Å². The van der Waals surface area contributed by atoms with Crippen molar-refractivity contribution in [2.75, 3.05) is 0 Å². The minimum absolute atomic E-state index is 0.0695. The molecule has 0 fully saturated rings. The van der Waals surface area contributed by atoms with E-state index in [4.69, 9.17) is 15.0 Å². The van der Waals surface area contributed by atoms with Crippen molar-refractivity contribution in [2.45, 2.75) is 6.61 Å². The van der Waals surface area contributed by atoms with Gasteiger partial charge in [0.15, 0.2) is 5.76 Å². The Labute approximate surface area is 116 Å². The maximum Gasteiger partial charge on any atom is 0.301 e. The quantitative estimate of drug-likeness (QED) is 0.513. The lowest BCUT2D eigenvalue weighted by molar-refractivity contribution is 0.0922. The number of amides is 1. The average Bonchev–Trinajstić information content (AvgIpc) is 2.87. The Morgan fingerprint density at radius 2 is 2.26 bits per heavy atom. The van der Waals surface area contributed by atoms with Crippen molar-refractivity contribution in [3.05, 3.63) is 52.1 Å². The lowest BCUT2D eigenvalue weighted by atomic mass is 10.2. The van der Waals surface area contributed by atoms with Crippen LogP contribution < -0.4 is 16.0 Å². The van der Waals surface area contributed by atoms with Crippen LogP contribution in [0.4, 0.5) is 4.39 Å². The largest absolute Gasteiger partial charge is 0.489 e. The van der Waals surface area contributed by atoms with Gasteiger partial charge in [-0.2, -0.15) is 0 Å². The smallest absolute Gasteiger partial charge is 0.301 e. The van der Waals surface area contributed by atoms with Crippen LogP contribution in [-0.4, -0.2) is 5.91 Å². The molecular weight excluding hydrogens is 319 g/mol. The van der Waals surface area contributed by atoms with Crippen LogP contribution in [0, 0.1) is 5.82 Å². The van der Waals surface area contributed by atoms with Gasteiger partial charge in [-0.25, -0.2) is 10.2 Å². The Hall–Kier alpha value is -1.86. The summed E-state index contributed by atoms with van der Waals surface area (Å²) in [7, 11) is 0. The van der Waals surface area contributed by atoms with Crippen LogP contribution in [0.15, 0.2) is 39.4 Å². The van der Waals surface area contributed by atoms with Gasteiger partial charge in [0.05, 0.1) is 10.7 Å². The van der Waals surface area contributed by atoms with E-state index in [1.165, 1.54) is 18.4 Å². The standard InChI is InChI=1S/C12H10BrFN2O3/c13-9-2-1-8(5-10(9)14)19-6-7-3-4-18-11(7)12(17)16-15/h1-5H,6,15H2,(H,16,17). The molecule has 0 unspecified atom stereocenters. The van der Waals surface area contributed by atoms with Gasteiger partial charge in [-0.05, 0) is 34.1 Å². The van der Waals surface area contributed by atoms with E-state index in [0.717, 1.165) is 0 Å². The molecule has 0 aliphatic carbocycles. The SMILES string of the molecule is NNC(=O)c1occc1COc1ccc(Br)c(F)c1. The fourth-order valence-corrected chi connectivity index (χ4v) is 1.69. The van der Waals surface area contributed by atoms with Crippen LogP contribution in [0.25, 0.3) is 0 Å². The third-order valence-corrected chi connectivity index (χ3v) is 3.01. The summed E-state index contributed by atoms with van der Waals surface area (Å²) in [6.07, 6.45) is 1.35. The molecule has 1 amide bonds. The number of benzene rings is 1. The number of hydrogen-bond acceptors (Lipinski definition) is 4. The van der Waals surface area contributed by atoms with Crippen LogP contribution in [0.2, 0.25) is 0 Å². The van der Waals surface area contributed by atoms with E-state index in [2.05, 4.69) is 15.9 Å². The highest BCUT2D eigenvalue weighted by Gasteiger charge is 2.14. The van der Waals surface area contributed by atoms with Crippen molar-refractivity contribution in [1.82, 2.24) is 5.43 Å². The topological polar surface area (TPSA) is 77.5 Å². The zero-order chi connectivity index (χ0) is 13.8. The number of hydrazine groups is 1. The van der Waals surface area contributed by atoms with E-state index < -0.39 is 11.7 Å². The number of halogens is 2. The molecule has 7 heteroatoms. The van der Waals surface area contributed by atoms with Crippen LogP contribution in [-0.2, 0) is 6.61 Å². The third-order valence-electron chi connectivity index (χ3n) is 2.37. The Kier molecular flexibility index (Phi) is 4.18. The summed E-state index contributed by atoms with van der Waals surface area (Å²) in [5, 5.41) is 0. The van der Waals surface area contributed by atoms with Crippen LogP contribution >= 0.6 is 15.9 Å². The van der Waals surface area contributed by atoms with Gasteiger partial charge in [-0.1, -0.05) is 0 Å². The summed E-state index contributed by atoms with van der Waals surface area (Å²) in [6.45, 7) is 0.0698. The number of carbonyl (C=O) groups is 1. The van der Waals surface area contributed by atoms with Crippen molar-refractivity contribution in [2.24, 2.45) is 5.84 Å². The molecule has 0 aliphatic heterocycles. The summed E-state index contributed by atoms with van der Waals surface area (Å²) in [5.74, 6) is 4.46. The Morgan fingerprint density at radius 3 is 2.95 bits per heavy atom. The van der Waals surface area contributed by atoms with Gasteiger partial charge in [0, 0.05) is 11.6 Å².